The summed E-state index contributed by atoms with van der Waals surface area (Å²) in [6.07, 6.45) is -1.36. The summed E-state index contributed by atoms with van der Waals surface area (Å²) in [5.41, 5.74) is 0.836. The first-order chi connectivity index (χ1) is 9.91. The van der Waals surface area contributed by atoms with Crippen molar-refractivity contribution in [3.8, 4) is 0 Å². The number of amides is 1. The molecule has 3 atom stereocenters. The van der Waals surface area contributed by atoms with Gasteiger partial charge < -0.3 is 14.7 Å². The van der Waals surface area contributed by atoms with Gasteiger partial charge in [0, 0.05) is 0 Å². The third-order valence-corrected chi connectivity index (χ3v) is 3.57. The number of ether oxygens (including phenoxy) is 1. The van der Waals surface area contributed by atoms with E-state index in [-0.39, 0.29) is 5.91 Å². The van der Waals surface area contributed by atoms with Gasteiger partial charge in [-0.3, -0.25) is 9.59 Å². The molecule has 6 heteroatoms. The smallest absolute Gasteiger partial charge is 0.330 e. The Morgan fingerprint density at radius 2 is 1.95 bits per heavy atom. The second-order valence-electron chi connectivity index (χ2n) is 5.02. The van der Waals surface area contributed by atoms with Crippen LogP contribution in [0.4, 0.5) is 0 Å². The topological polar surface area (TPSA) is 83.9 Å². The van der Waals surface area contributed by atoms with Gasteiger partial charge in [-0.05, 0) is 19.4 Å². The van der Waals surface area contributed by atoms with Gasteiger partial charge in [0.2, 0.25) is 0 Å². The van der Waals surface area contributed by atoms with E-state index in [2.05, 4.69) is 0 Å². The van der Waals surface area contributed by atoms with E-state index < -0.39 is 36.5 Å². The van der Waals surface area contributed by atoms with Gasteiger partial charge in [-0.1, -0.05) is 30.3 Å². The van der Waals surface area contributed by atoms with Crippen LogP contribution in [0, 0.1) is 0 Å². The van der Waals surface area contributed by atoms with Crippen LogP contribution in [-0.4, -0.2) is 40.0 Å². The van der Waals surface area contributed by atoms with Crippen LogP contribution in [0.2, 0.25) is 0 Å². The molecular weight excluding hydrogens is 274 g/mol. The Balaban J connectivity index is 2.35. The van der Waals surface area contributed by atoms with Crippen LogP contribution in [-0.2, 0) is 19.1 Å². The van der Waals surface area contributed by atoms with Gasteiger partial charge in [0.15, 0.2) is 6.10 Å². The average molecular weight is 291 g/mol. The summed E-state index contributed by atoms with van der Waals surface area (Å²) in [5.74, 6) is -2.20. The molecule has 1 amide bonds. The molecule has 112 valence electrons. The van der Waals surface area contributed by atoms with Gasteiger partial charge in [0.1, 0.15) is 6.04 Å². The van der Waals surface area contributed by atoms with E-state index >= 15 is 0 Å². The van der Waals surface area contributed by atoms with Gasteiger partial charge in [-0.2, -0.15) is 0 Å². The fourth-order valence-corrected chi connectivity index (χ4v) is 2.48. The molecule has 21 heavy (non-hydrogen) atoms. The fraction of sp³-hybridized carbons (Fsp3) is 0.400. The van der Waals surface area contributed by atoms with Crippen LogP contribution in [0.15, 0.2) is 30.3 Å². The Hall–Kier alpha value is -2.37. The number of carboxylic acids is 1. The normalized spacial score (nSPS) is 23.6. The second-order valence-corrected chi connectivity index (χ2v) is 5.02. The van der Waals surface area contributed by atoms with Crippen molar-refractivity contribution in [1.29, 1.82) is 0 Å². The van der Waals surface area contributed by atoms with E-state index in [1.165, 1.54) is 11.8 Å². The van der Waals surface area contributed by atoms with E-state index in [0.29, 0.717) is 0 Å². The van der Waals surface area contributed by atoms with E-state index in [9.17, 15) is 14.4 Å². The molecule has 0 saturated carbocycles. The zero-order valence-corrected chi connectivity index (χ0v) is 11.9. The summed E-state index contributed by atoms with van der Waals surface area (Å²) in [7, 11) is 0. The summed E-state index contributed by atoms with van der Waals surface area (Å²) < 4.78 is 4.93. The highest BCUT2D eigenvalue weighted by Gasteiger charge is 2.44. The van der Waals surface area contributed by atoms with Crippen molar-refractivity contribution in [2.75, 3.05) is 0 Å². The van der Waals surface area contributed by atoms with Crippen LogP contribution < -0.4 is 0 Å². The molecule has 1 N–H and O–H groups in total. The highest BCUT2D eigenvalue weighted by Crippen LogP contribution is 2.28. The molecular formula is C15H17NO5. The number of morpholine rings is 1. The van der Waals surface area contributed by atoms with E-state index in [0.717, 1.165) is 5.56 Å². The lowest BCUT2D eigenvalue weighted by Gasteiger charge is -2.40. The predicted octanol–water partition coefficient (Wildman–Crippen LogP) is 1.36. The molecule has 0 unspecified atom stereocenters. The minimum Gasteiger partial charge on any atom is -0.481 e. The first-order valence-corrected chi connectivity index (χ1v) is 6.71. The highest BCUT2D eigenvalue weighted by molar-refractivity contribution is 5.94. The Bertz CT molecular complexity index is 556. The third kappa shape index (κ3) is 3.04. The van der Waals surface area contributed by atoms with Crippen molar-refractivity contribution in [2.24, 2.45) is 0 Å². The SMILES string of the molecule is C[C@@H]1OC(=O)[C@@H](CC(=O)O)N([C@@H](C)c2ccccc2)C1=O. The van der Waals surface area contributed by atoms with Crippen molar-refractivity contribution >= 4 is 17.8 Å². The molecule has 1 saturated heterocycles. The molecule has 1 aromatic rings. The zero-order valence-electron chi connectivity index (χ0n) is 11.9. The van der Waals surface area contributed by atoms with Crippen LogP contribution in [0.3, 0.4) is 0 Å². The molecule has 0 aromatic heterocycles. The van der Waals surface area contributed by atoms with Crippen LogP contribution in [0.25, 0.3) is 0 Å². The Labute approximate surface area is 122 Å². The number of rotatable bonds is 4. The molecule has 1 aromatic carbocycles. The molecule has 1 aliphatic rings. The number of hydrogen-bond acceptors (Lipinski definition) is 4. The minimum atomic E-state index is -1.15. The first-order valence-electron chi connectivity index (χ1n) is 6.71. The van der Waals surface area contributed by atoms with Gasteiger partial charge in [-0.25, -0.2) is 4.79 Å². The number of carbonyl (C=O) groups excluding carboxylic acids is 2. The van der Waals surface area contributed by atoms with Crippen LogP contribution in [0.1, 0.15) is 31.9 Å². The van der Waals surface area contributed by atoms with Crippen LogP contribution >= 0.6 is 0 Å². The fourth-order valence-electron chi connectivity index (χ4n) is 2.48. The maximum absolute atomic E-state index is 12.3. The average Bonchev–Trinajstić information content (AvgIpc) is 2.45. The number of cyclic esters (lactones) is 1. The molecule has 1 aliphatic heterocycles. The maximum atomic E-state index is 12.3. The number of hydrogen-bond donors (Lipinski definition) is 1. The Morgan fingerprint density at radius 3 is 2.52 bits per heavy atom. The second kappa shape index (κ2) is 5.95. The lowest BCUT2D eigenvalue weighted by molar-refractivity contribution is -0.181. The maximum Gasteiger partial charge on any atom is 0.330 e. The van der Waals surface area contributed by atoms with Crippen molar-refractivity contribution in [3.05, 3.63) is 35.9 Å². The molecule has 2 rings (SSSR count). The van der Waals surface area contributed by atoms with Gasteiger partial charge in [0.05, 0.1) is 12.5 Å². The van der Waals surface area contributed by atoms with E-state index in [4.69, 9.17) is 9.84 Å². The predicted molar refractivity (Wildman–Crippen MR) is 73.3 cm³/mol. The molecule has 1 fully saturated rings. The standard InChI is InChI=1S/C15H17NO5/c1-9(11-6-4-3-5-7-11)16-12(8-13(17)18)15(20)21-10(2)14(16)19/h3-7,9-10,12H,8H2,1-2H3,(H,17,18)/t9-,10-,12+/m0/s1. The summed E-state index contributed by atoms with van der Waals surface area (Å²) in [6.45, 7) is 3.26. The number of nitrogens with zero attached hydrogens (tertiary/aromatic N) is 1. The van der Waals surface area contributed by atoms with E-state index in [1.807, 2.05) is 30.3 Å². The molecule has 0 aliphatic carbocycles. The van der Waals surface area contributed by atoms with Gasteiger partial charge in [-0.15, -0.1) is 0 Å². The Kier molecular flexibility index (Phi) is 4.26. The van der Waals surface area contributed by atoms with Gasteiger partial charge in [0.25, 0.3) is 5.91 Å². The third-order valence-electron chi connectivity index (χ3n) is 3.57. The van der Waals surface area contributed by atoms with Crippen molar-refractivity contribution < 1.29 is 24.2 Å². The van der Waals surface area contributed by atoms with Crippen molar-refractivity contribution in [3.63, 3.8) is 0 Å². The number of benzene rings is 1. The molecule has 0 spiro atoms. The molecule has 0 bridgehead atoms. The molecule has 1 heterocycles. The number of carbonyl (C=O) groups is 3. The molecule has 6 nitrogen and oxygen atoms in total. The number of carboxylic acid groups (broad SMARTS) is 1. The lowest BCUT2D eigenvalue weighted by atomic mass is 10.0. The highest BCUT2D eigenvalue weighted by atomic mass is 16.6. The minimum absolute atomic E-state index is 0.378. The largest absolute Gasteiger partial charge is 0.481 e. The first kappa shape index (κ1) is 15.0. The van der Waals surface area contributed by atoms with Crippen molar-refractivity contribution in [1.82, 2.24) is 4.90 Å². The van der Waals surface area contributed by atoms with Crippen molar-refractivity contribution in [2.45, 2.75) is 38.5 Å². The van der Waals surface area contributed by atoms with Gasteiger partial charge >= 0.3 is 11.9 Å². The monoisotopic (exact) mass is 291 g/mol. The van der Waals surface area contributed by atoms with E-state index in [1.54, 1.807) is 6.92 Å². The summed E-state index contributed by atoms with van der Waals surface area (Å²) in [6, 6.07) is 7.67. The van der Waals surface area contributed by atoms with Crippen LogP contribution in [0.5, 0.6) is 0 Å². The summed E-state index contributed by atoms with van der Waals surface area (Å²) >= 11 is 0. The number of esters is 1. The summed E-state index contributed by atoms with van der Waals surface area (Å²) in [4.78, 5) is 36.6. The Morgan fingerprint density at radius 1 is 1.33 bits per heavy atom. The lowest BCUT2D eigenvalue weighted by Crippen LogP contribution is -2.57. The quantitative estimate of drug-likeness (QED) is 0.847. The zero-order chi connectivity index (χ0) is 15.6. The molecule has 0 radical (unpaired) electrons. The number of aliphatic carboxylic acids is 1. The summed E-state index contributed by atoms with van der Waals surface area (Å²) in [5, 5.41) is 8.96.